The molecule has 1 atom stereocenters. The molecule has 0 aromatic heterocycles. The molecule has 0 bridgehead atoms. The Balaban J connectivity index is 2.63. The molecular formula is C11H17NOS. The second-order valence-electron chi connectivity index (χ2n) is 4.41. The molecule has 0 aliphatic carbocycles. The molecule has 1 aliphatic rings. The highest BCUT2D eigenvalue weighted by molar-refractivity contribution is 8.01. The number of hydrogen-bond acceptors (Lipinski definition) is 2. The van der Waals surface area contributed by atoms with Gasteiger partial charge in [0.1, 0.15) is 0 Å². The van der Waals surface area contributed by atoms with E-state index in [2.05, 4.69) is 11.2 Å². The van der Waals surface area contributed by atoms with Crippen LogP contribution in [0, 0.1) is 12.3 Å². The lowest BCUT2D eigenvalue weighted by Gasteiger charge is -2.27. The number of rotatable bonds is 2. The Hall–Kier alpha value is -0.620. The van der Waals surface area contributed by atoms with E-state index in [0.717, 1.165) is 18.6 Å². The predicted molar refractivity (Wildman–Crippen MR) is 61.2 cm³/mol. The van der Waals surface area contributed by atoms with E-state index in [-0.39, 0.29) is 10.7 Å². The maximum absolute atomic E-state index is 11.9. The molecule has 0 radical (unpaired) electrons. The molecule has 78 valence electrons. The zero-order chi connectivity index (χ0) is 10.8. The summed E-state index contributed by atoms with van der Waals surface area (Å²) in [6, 6.07) is 0. The van der Waals surface area contributed by atoms with Crippen molar-refractivity contribution in [2.75, 3.05) is 5.75 Å². The van der Waals surface area contributed by atoms with Gasteiger partial charge < -0.3 is 5.32 Å². The summed E-state index contributed by atoms with van der Waals surface area (Å²) in [5.41, 5.74) is -0.538. The van der Waals surface area contributed by atoms with Gasteiger partial charge in [0.15, 0.2) is 0 Å². The molecule has 0 spiro atoms. The van der Waals surface area contributed by atoms with Crippen molar-refractivity contribution in [3.8, 4) is 12.3 Å². The quantitative estimate of drug-likeness (QED) is 0.706. The highest BCUT2D eigenvalue weighted by Gasteiger charge is 2.38. The molecule has 3 heteroatoms. The van der Waals surface area contributed by atoms with E-state index in [4.69, 9.17) is 6.42 Å². The van der Waals surface area contributed by atoms with Crippen LogP contribution in [0.3, 0.4) is 0 Å². The van der Waals surface area contributed by atoms with Crippen LogP contribution in [0.25, 0.3) is 0 Å². The summed E-state index contributed by atoms with van der Waals surface area (Å²) in [6.45, 7) is 5.67. The Morgan fingerprint density at radius 2 is 2.29 bits per heavy atom. The van der Waals surface area contributed by atoms with Crippen molar-refractivity contribution in [3.63, 3.8) is 0 Å². The van der Waals surface area contributed by atoms with Crippen LogP contribution in [-0.2, 0) is 4.79 Å². The first-order valence-corrected chi connectivity index (χ1v) is 5.82. The van der Waals surface area contributed by atoms with Crippen molar-refractivity contribution in [1.29, 1.82) is 0 Å². The highest BCUT2D eigenvalue weighted by Crippen LogP contribution is 2.38. The summed E-state index contributed by atoms with van der Waals surface area (Å²) in [6.07, 6.45) is 7.39. The lowest BCUT2D eigenvalue weighted by atomic mass is 10.0. The molecule has 1 unspecified atom stereocenters. The molecule has 14 heavy (non-hydrogen) atoms. The number of carbonyl (C=O) groups is 1. The average molecular weight is 211 g/mol. The maximum atomic E-state index is 11.9. The standard InChI is InChI=1S/C11H17NOS/c1-5-10(2,3)12-9(13)11(4)7-6-8-14-11/h1H,6-8H2,2-4H3,(H,12,13). The van der Waals surface area contributed by atoms with Crippen molar-refractivity contribution in [2.24, 2.45) is 0 Å². The Morgan fingerprint density at radius 3 is 2.71 bits per heavy atom. The SMILES string of the molecule is C#CC(C)(C)NC(=O)C1(C)CCCS1. The third-order valence-corrected chi connectivity index (χ3v) is 4.01. The van der Waals surface area contributed by atoms with Crippen LogP contribution >= 0.6 is 11.8 Å². The minimum atomic E-state index is -0.538. The van der Waals surface area contributed by atoms with Gasteiger partial charge in [-0.2, -0.15) is 0 Å². The van der Waals surface area contributed by atoms with E-state index in [9.17, 15) is 4.79 Å². The lowest BCUT2D eigenvalue weighted by Crippen LogP contribution is -2.50. The van der Waals surface area contributed by atoms with Gasteiger partial charge in [0.2, 0.25) is 5.91 Å². The Labute approximate surface area is 90.2 Å². The van der Waals surface area contributed by atoms with E-state index < -0.39 is 5.54 Å². The summed E-state index contributed by atoms with van der Waals surface area (Å²) >= 11 is 1.72. The molecule has 0 saturated carbocycles. The predicted octanol–water partition coefficient (Wildman–Crippen LogP) is 1.80. The third-order valence-electron chi connectivity index (χ3n) is 2.49. The van der Waals surface area contributed by atoms with Gasteiger partial charge in [-0.3, -0.25) is 4.79 Å². The second kappa shape index (κ2) is 3.86. The molecule has 1 N–H and O–H groups in total. The highest BCUT2D eigenvalue weighted by atomic mass is 32.2. The monoisotopic (exact) mass is 211 g/mol. The molecule has 1 rings (SSSR count). The first-order chi connectivity index (χ1) is 6.40. The van der Waals surface area contributed by atoms with Gasteiger partial charge in [0, 0.05) is 0 Å². The van der Waals surface area contributed by atoms with Crippen molar-refractivity contribution in [2.45, 2.75) is 43.9 Å². The Bertz CT molecular complexity index is 272. The van der Waals surface area contributed by atoms with Gasteiger partial charge in [-0.15, -0.1) is 18.2 Å². The topological polar surface area (TPSA) is 29.1 Å². The number of thioether (sulfide) groups is 1. The van der Waals surface area contributed by atoms with Gasteiger partial charge in [-0.05, 0) is 39.4 Å². The van der Waals surface area contributed by atoms with Crippen LogP contribution < -0.4 is 5.32 Å². The van der Waals surface area contributed by atoms with Crippen LogP contribution in [0.5, 0.6) is 0 Å². The minimum absolute atomic E-state index is 0.0722. The van der Waals surface area contributed by atoms with Gasteiger partial charge >= 0.3 is 0 Å². The van der Waals surface area contributed by atoms with Gasteiger partial charge in [-0.25, -0.2) is 0 Å². The summed E-state index contributed by atoms with van der Waals surface area (Å²) in [5.74, 6) is 3.71. The fourth-order valence-corrected chi connectivity index (χ4v) is 2.62. The average Bonchev–Trinajstić information content (AvgIpc) is 2.53. The lowest BCUT2D eigenvalue weighted by molar-refractivity contribution is -0.124. The van der Waals surface area contributed by atoms with Crippen molar-refractivity contribution < 1.29 is 4.79 Å². The fraction of sp³-hybridized carbons (Fsp3) is 0.727. The van der Waals surface area contributed by atoms with Crippen LogP contribution in [0.1, 0.15) is 33.6 Å². The molecule has 0 aromatic rings. The van der Waals surface area contributed by atoms with E-state index in [0.29, 0.717) is 0 Å². The zero-order valence-electron chi connectivity index (χ0n) is 9.02. The maximum Gasteiger partial charge on any atom is 0.237 e. The fourth-order valence-electron chi connectivity index (χ4n) is 1.41. The summed E-state index contributed by atoms with van der Waals surface area (Å²) in [7, 11) is 0. The number of terminal acetylenes is 1. The normalized spacial score (nSPS) is 27.0. The summed E-state index contributed by atoms with van der Waals surface area (Å²) in [5, 5.41) is 2.89. The zero-order valence-corrected chi connectivity index (χ0v) is 9.83. The van der Waals surface area contributed by atoms with Crippen LogP contribution in [0.2, 0.25) is 0 Å². The second-order valence-corrected chi connectivity index (χ2v) is 6.00. The van der Waals surface area contributed by atoms with E-state index in [1.54, 1.807) is 11.8 Å². The smallest absolute Gasteiger partial charge is 0.237 e. The molecule has 0 aromatic carbocycles. The Morgan fingerprint density at radius 1 is 1.64 bits per heavy atom. The summed E-state index contributed by atoms with van der Waals surface area (Å²) in [4.78, 5) is 11.9. The molecule has 2 nitrogen and oxygen atoms in total. The molecular weight excluding hydrogens is 194 g/mol. The largest absolute Gasteiger partial charge is 0.339 e. The van der Waals surface area contributed by atoms with Crippen molar-refractivity contribution >= 4 is 17.7 Å². The molecule has 1 heterocycles. The molecule has 1 saturated heterocycles. The van der Waals surface area contributed by atoms with Crippen molar-refractivity contribution in [1.82, 2.24) is 5.32 Å². The van der Waals surface area contributed by atoms with Gasteiger partial charge in [-0.1, -0.05) is 5.92 Å². The summed E-state index contributed by atoms with van der Waals surface area (Å²) < 4.78 is -0.270. The van der Waals surface area contributed by atoms with E-state index in [1.807, 2.05) is 20.8 Å². The molecule has 1 amide bonds. The van der Waals surface area contributed by atoms with Crippen LogP contribution in [0.4, 0.5) is 0 Å². The van der Waals surface area contributed by atoms with Gasteiger partial charge in [0.25, 0.3) is 0 Å². The third kappa shape index (κ3) is 2.45. The van der Waals surface area contributed by atoms with Gasteiger partial charge in [0.05, 0.1) is 10.3 Å². The minimum Gasteiger partial charge on any atom is -0.339 e. The number of amides is 1. The first-order valence-electron chi connectivity index (χ1n) is 4.84. The van der Waals surface area contributed by atoms with E-state index >= 15 is 0 Å². The van der Waals surface area contributed by atoms with Crippen LogP contribution in [-0.4, -0.2) is 21.9 Å². The number of hydrogen-bond donors (Lipinski definition) is 1. The first kappa shape index (κ1) is 11.5. The number of carbonyl (C=O) groups excluding carboxylic acids is 1. The molecule has 1 aliphatic heterocycles. The van der Waals surface area contributed by atoms with E-state index in [1.165, 1.54) is 0 Å². The van der Waals surface area contributed by atoms with Crippen LogP contribution in [0.15, 0.2) is 0 Å². The van der Waals surface area contributed by atoms with Crippen molar-refractivity contribution in [3.05, 3.63) is 0 Å². The molecule has 1 fully saturated rings. The Kier molecular flexibility index (Phi) is 3.16. The number of nitrogens with one attached hydrogen (secondary N) is 1.